The number of hydrogen-bond acceptors (Lipinski definition) is 5. The molecule has 0 spiro atoms. The number of rotatable bonds is 10. The van der Waals surface area contributed by atoms with Gasteiger partial charge in [-0.05, 0) is 20.8 Å². The molecule has 0 fully saturated rings. The van der Waals surface area contributed by atoms with Gasteiger partial charge in [0, 0.05) is 12.2 Å². The van der Waals surface area contributed by atoms with Crippen LogP contribution in [0.15, 0.2) is 24.5 Å². The molecule has 0 aliphatic carbocycles. The lowest BCUT2D eigenvalue weighted by Gasteiger charge is -2.18. The summed E-state index contributed by atoms with van der Waals surface area (Å²) in [5, 5.41) is 0. The van der Waals surface area contributed by atoms with Gasteiger partial charge in [0.2, 0.25) is 6.29 Å². The van der Waals surface area contributed by atoms with Crippen molar-refractivity contribution in [2.75, 3.05) is 26.4 Å². The molecule has 104 valence electrons. The molecule has 1 unspecified atom stereocenters. The van der Waals surface area contributed by atoms with Crippen LogP contribution in [-0.2, 0) is 23.7 Å². The second-order valence-electron chi connectivity index (χ2n) is 3.70. The van der Waals surface area contributed by atoms with Crippen LogP contribution in [0.5, 0.6) is 0 Å². The third kappa shape index (κ3) is 8.78. The molecule has 0 aliphatic rings. The molecule has 0 rings (SSSR count). The van der Waals surface area contributed by atoms with Crippen LogP contribution in [0.1, 0.15) is 20.8 Å². The van der Waals surface area contributed by atoms with Gasteiger partial charge < -0.3 is 18.9 Å². The van der Waals surface area contributed by atoms with E-state index in [9.17, 15) is 4.79 Å². The monoisotopic (exact) mass is 258 g/mol. The Balaban J connectivity index is 3.69. The fraction of sp³-hybridized carbons (Fsp3) is 0.615. The van der Waals surface area contributed by atoms with E-state index in [4.69, 9.17) is 18.9 Å². The Morgan fingerprint density at radius 2 is 1.89 bits per heavy atom. The van der Waals surface area contributed by atoms with E-state index in [-0.39, 0.29) is 19.8 Å². The Morgan fingerprint density at radius 3 is 2.39 bits per heavy atom. The SMILES string of the molecule is C=C(C)OC(COCCOC(=O)C(=C)C)OCC. The summed E-state index contributed by atoms with van der Waals surface area (Å²) in [5.74, 6) is 0.143. The van der Waals surface area contributed by atoms with Crippen LogP contribution in [0.3, 0.4) is 0 Å². The molecule has 5 heteroatoms. The van der Waals surface area contributed by atoms with Crippen LogP contribution >= 0.6 is 0 Å². The zero-order chi connectivity index (χ0) is 14.0. The highest BCUT2D eigenvalue weighted by Gasteiger charge is 2.09. The van der Waals surface area contributed by atoms with Gasteiger partial charge in [-0.1, -0.05) is 13.2 Å². The molecule has 0 aliphatic heterocycles. The zero-order valence-electron chi connectivity index (χ0n) is 11.4. The van der Waals surface area contributed by atoms with Crippen LogP contribution in [0.4, 0.5) is 0 Å². The minimum atomic E-state index is -0.482. The largest absolute Gasteiger partial charge is 0.468 e. The van der Waals surface area contributed by atoms with E-state index in [2.05, 4.69) is 13.2 Å². The van der Waals surface area contributed by atoms with E-state index >= 15 is 0 Å². The highest BCUT2D eigenvalue weighted by atomic mass is 16.7. The predicted molar refractivity (Wildman–Crippen MR) is 67.9 cm³/mol. The second kappa shape index (κ2) is 9.67. The lowest BCUT2D eigenvalue weighted by molar-refractivity contribution is -0.154. The van der Waals surface area contributed by atoms with Gasteiger partial charge in [0.05, 0.1) is 12.4 Å². The Kier molecular flexibility index (Phi) is 8.96. The molecule has 0 aromatic carbocycles. The first kappa shape index (κ1) is 16.7. The number of ether oxygens (including phenoxy) is 4. The van der Waals surface area contributed by atoms with Gasteiger partial charge in [-0.25, -0.2) is 4.79 Å². The highest BCUT2D eigenvalue weighted by Crippen LogP contribution is 2.02. The number of allylic oxidation sites excluding steroid dienone is 1. The molecule has 5 nitrogen and oxygen atoms in total. The first-order valence-electron chi connectivity index (χ1n) is 5.81. The Labute approximate surface area is 108 Å². The topological polar surface area (TPSA) is 54.0 Å². The number of hydrogen-bond donors (Lipinski definition) is 0. The number of carbonyl (C=O) groups excluding carboxylic acids is 1. The van der Waals surface area contributed by atoms with Crippen molar-refractivity contribution in [1.82, 2.24) is 0 Å². The maximum atomic E-state index is 11.0. The summed E-state index contributed by atoms with van der Waals surface area (Å²) in [6.45, 7) is 13.5. The molecule has 0 saturated carbocycles. The average molecular weight is 258 g/mol. The summed E-state index contributed by atoms with van der Waals surface area (Å²) in [6.07, 6.45) is -0.482. The van der Waals surface area contributed by atoms with E-state index in [0.717, 1.165) is 0 Å². The number of esters is 1. The van der Waals surface area contributed by atoms with Gasteiger partial charge in [0.15, 0.2) is 0 Å². The normalized spacial score (nSPS) is 11.7. The molecule has 18 heavy (non-hydrogen) atoms. The third-order valence-corrected chi connectivity index (χ3v) is 1.75. The maximum Gasteiger partial charge on any atom is 0.333 e. The molecule has 0 bridgehead atoms. The minimum Gasteiger partial charge on any atom is -0.468 e. The van der Waals surface area contributed by atoms with E-state index in [0.29, 0.717) is 17.9 Å². The van der Waals surface area contributed by atoms with Crippen LogP contribution in [-0.4, -0.2) is 38.7 Å². The summed E-state index contributed by atoms with van der Waals surface area (Å²) in [7, 11) is 0. The van der Waals surface area contributed by atoms with Crippen molar-refractivity contribution in [2.45, 2.75) is 27.1 Å². The van der Waals surface area contributed by atoms with E-state index < -0.39 is 12.3 Å². The molecular formula is C13H22O5. The van der Waals surface area contributed by atoms with Crippen molar-refractivity contribution in [3.05, 3.63) is 24.5 Å². The van der Waals surface area contributed by atoms with E-state index in [1.165, 1.54) is 0 Å². The van der Waals surface area contributed by atoms with Gasteiger partial charge in [0.25, 0.3) is 0 Å². The fourth-order valence-electron chi connectivity index (χ4n) is 1.02. The van der Waals surface area contributed by atoms with Gasteiger partial charge in [0.1, 0.15) is 13.2 Å². The lowest BCUT2D eigenvalue weighted by atomic mass is 10.4. The van der Waals surface area contributed by atoms with Crippen molar-refractivity contribution in [2.24, 2.45) is 0 Å². The first-order valence-corrected chi connectivity index (χ1v) is 5.81. The van der Waals surface area contributed by atoms with Gasteiger partial charge in [-0.15, -0.1) is 0 Å². The van der Waals surface area contributed by atoms with Crippen molar-refractivity contribution in [3.63, 3.8) is 0 Å². The summed E-state index contributed by atoms with van der Waals surface area (Å²) in [5.41, 5.74) is 0.368. The number of carbonyl (C=O) groups is 1. The van der Waals surface area contributed by atoms with Crippen LogP contribution in [0, 0.1) is 0 Å². The summed E-state index contributed by atoms with van der Waals surface area (Å²) < 4.78 is 20.7. The standard InChI is InChI=1S/C13H22O5/c1-6-16-12(18-11(4)5)9-15-7-8-17-13(14)10(2)3/h12H,2,4,6-9H2,1,3,5H3. The van der Waals surface area contributed by atoms with Crippen molar-refractivity contribution >= 4 is 5.97 Å². The molecule has 0 N–H and O–H groups in total. The molecule has 0 radical (unpaired) electrons. The highest BCUT2D eigenvalue weighted by molar-refractivity contribution is 5.86. The molecule has 0 amide bonds. The second-order valence-corrected chi connectivity index (χ2v) is 3.70. The van der Waals surface area contributed by atoms with Crippen molar-refractivity contribution < 1.29 is 23.7 Å². The maximum absolute atomic E-state index is 11.0. The van der Waals surface area contributed by atoms with Gasteiger partial charge >= 0.3 is 5.97 Å². The molecule has 0 saturated heterocycles. The van der Waals surface area contributed by atoms with E-state index in [1.807, 2.05) is 6.92 Å². The molecule has 0 aromatic heterocycles. The van der Waals surface area contributed by atoms with E-state index in [1.54, 1.807) is 13.8 Å². The zero-order valence-corrected chi connectivity index (χ0v) is 11.4. The third-order valence-electron chi connectivity index (χ3n) is 1.75. The van der Waals surface area contributed by atoms with Crippen LogP contribution in [0.25, 0.3) is 0 Å². The molecule has 0 aromatic rings. The first-order chi connectivity index (χ1) is 8.47. The molecule has 0 heterocycles. The van der Waals surface area contributed by atoms with Crippen LogP contribution in [0.2, 0.25) is 0 Å². The van der Waals surface area contributed by atoms with Gasteiger partial charge in [-0.2, -0.15) is 0 Å². The fourth-order valence-corrected chi connectivity index (χ4v) is 1.02. The quantitative estimate of drug-likeness (QED) is 0.197. The van der Waals surface area contributed by atoms with Gasteiger partial charge in [-0.3, -0.25) is 0 Å². The van der Waals surface area contributed by atoms with Crippen LogP contribution < -0.4 is 0 Å². The van der Waals surface area contributed by atoms with Crippen molar-refractivity contribution in [1.29, 1.82) is 0 Å². The summed E-state index contributed by atoms with van der Waals surface area (Å²) in [6, 6.07) is 0. The van der Waals surface area contributed by atoms with Crippen molar-refractivity contribution in [3.8, 4) is 0 Å². The summed E-state index contributed by atoms with van der Waals surface area (Å²) in [4.78, 5) is 11.0. The molecule has 1 atom stereocenters. The molecular weight excluding hydrogens is 236 g/mol. The summed E-state index contributed by atoms with van der Waals surface area (Å²) >= 11 is 0. The smallest absolute Gasteiger partial charge is 0.333 e. The minimum absolute atomic E-state index is 0.178. The Bertz CT molecular complexity index is 285. The average Bonchev–Trinajstić information content (AvgIpc) is 2.27. The Morgan fingerprint density at radius 1 is 1.22 bits per heavy atom. The predicted octanol–water partition coefficient (Wildman–Crippen LogP) is 2.04. The lowest BCUT2D eigenvalue weighted by Crippen LogP contribution is -2.24. The Hall–Kier alpha value is -1.33.